The van der Waals surface area contributed by atoms with Gasteiger partial charge in [0, 0.05) is 6.07 Å². The number of aliphatic hydroxyl groups is 3. The van der Waals surface area contributed by atoms with Crippen LogP contribution in [0.3, 0.4) is 0 Å². The van der Waals surface area contributed by atoms with Crippen LogP contribution in [0.25, 0.3) is 11.0 Å². The molecule has 1 aliphatic rings. The van der Waals surface area contributed by atoms with Crippen molar-refractivity contribution >= 4 is 22.8 Å². The molecule has 1 aliphatic heterocycles. The second kappa shape index (κ2) is 12.8. The minimum absolute atomic E-state index is 0.0215. The van der Waals surface area contributed by atoms with E-state index in [0.717, 1.165) is 4.90 Å². The third-order valence-electron chi connectivity index (χ3n) is 6.65. The smallest absolute Gasteiger partial charge is 0.353 e. The second-order valence-corrected chi connectivity index (χ2v) is 9.17. The Hall–Kier alpha value is -3.75. The van der Waals surface area contributed by atoms with Gasteiger partial charge in [-0.05, 0) is 31.2 Å². The van der Waals surface area contributed by atoms with Crippen LogP contribution in [0.2, 0.25) is 0 Å². The Bertz CT molecular complexity index is 1400. The lowest BCUT2D eigenvalue weighted by atomic mass is 10.1. The van der Waals surface area contributed by atoms with E-state index in [-0.39, 0.29) is 38.7 Å². The van der Waals surface area contributed by atoms with E-state index in [1.54, 1.807) is 30.3 Å². The van der Waals surface area contributed by atoms with Gasteiger partial charge in [-0.2, -0.15) is 8.78 Å². The molecule has 4 rings (SSSR count). The summed E-state index contributed by atoms with van der Waals surface area (Å²) in [6, 6.07) is 11.1. The fraction of sp³-hybridized carbons (Fsp3) is 0.393. The van der Waals surface area contributed by atoms with Crippen LogP contribution in [-0.2, 0) is 29.1 Å². The number of hydrogen-bond donors (Lipinski definition) is 3. The predicted molar refractivity (Wildman–Crippen MR) is 140 cm³/mol. The summed E-state index contributed by atoms with van der Waals surface area (Å²) in [5, 5.41) is 26.8. The molecular weight excluding hydrogens is 544 g/mol. The largest absolute Gasteiger partial charge is 0.456 e. The van der Waals surface area contributed by atoms with Gasteiger partial charge in [0.05, 0.1) is 50.7 Å². The van der Waals surface area contributed by atoms with Crippen molar-refractivity contribution in [2.24, 2.45) is 0 Å². The summed E-state index contributed by atoms with van der Waals surface area (Å²) in [4.78, 5) is 27.4. The molecule has 41 heavy (non-hydrogen) atoms. The zero-order valence-corrected chi connectivity index (χ0v) is 22.5. The number of fused-ring (bicyclic) bond motifs is 2. The number of ether oxygens (including phenoxy) is 3. The van der Waals surface area contributed by atoms with Crippen LogP contribution < -0.4 is 9.30 Å². The van der Waals surface area contributed by atoms with Gasteiger partial charge in [0.1, 0.15) is 18.8 Å². The highest BCUT2D eigenvalue weighted by Crippen LogP contribution is 2.31. The highest BCUT2D eigenvalue weighted by Gasteiger charge is 2.43. The SMILES string of the molecule is C=C(Oc1ccc2c(c1)n(CC)c(CN1C(=O)c3ccccc3C1=O)[n+]2CCOCCOCCO)C(F)(F)C(O)O. The molecule has 0 bridgehead atoms. The monoisotopic (exact) mass is 576 g/mol. The van der Waals surface area contributed by atoms with Gasteiger partial charge in [0.25, 0.3) is 17.6 Å². The van der Waals surface area contributed by atoms with Gasteiger partial charge < -0.3 is 29.5 Å². The number of rotatable bonds is 15. The van der Waals surface area contributed by atoms with Crippen molar-refractivity contribution < 1.29 is 52.5 Å². The van der Waals surface area contributed by atoms with E-state index in [0.29, 0.717) is 47.7 Å². The minimum Gasteiger partial charge on any atom is -0.456 e. The number of imidazole rings is 1. The van der Waals surface area contributed by atoms with Crippen molar-refractivity contribution in [3.63, 3.8) is 0 Å². The van der Waals surface area contributed by atoms with E-state index in [1.165, 1.54) is 12.1 Å². The quantitative estimate of drug-likeness (QED) is 0.0817. The van der Waals surface area contributed by atoms with Gasteiger partial charge >= 0.3 is 5.92 Å². The number of benzene rings is 2. The fourth-order valence-corrected chi connectivity index (χ4v) is 4.63. The number of carbonyl (C=O) groups is 2. The highest BCUT2D eigenvalue weighted by atomic mass is 19.3. The summed E-state index contributed by atoms with van der Waals surface area (Å²) >= 11 is 0. The Morgan fingerprint density at radius 1 is 1.02 bits per heavy atom. The average Bonchev–Trinajstić information content (AvgIpc) is 3.38. The highest BCUT2D eigenvalue weighted by molar-refractivity contribution is 6.21. The predicted octanol–water partition coefficient (Wildman–Crippen LogP) is 1.61. The van der Waals surface area contributed by atoms with Crippen LogP contribution in [0.4, 0.5) is 8.78 Å². The van der Waals surface area contributed by atoms with E-state index in [2.05, 4.69) is 6.58 Å². The molecule has 11 nitrogen and oxygen atoms in total. The van der Waals surface area contributed by atoms with Crippen LogP contribution in [0.15, 0.2) is 54.8 Å². The number of aryl methyl sites for hydroxylation is 1. The van der Waals surface area contributed by atoms with E-state index in [9.17, 15) is 18.4 Å². The molecule has 0 aliphatic carbocycles. The first-order valence-corrected chi connectivity index (χ1v) is 13.0. The Morgan fingerprint density at radius 3 is 2.24 bits per heavy atom. The van der Waals surface area contributed by atoms with E-state index in [4.69, 9.17) is 29.5 Å². The van der Waals surface area contributed by atoms with Gasteiger partial charge in [-0.15, -0.1) is 0 Å². The summed E-state index contributed by atoms with van der Waals surface area (Å²) in [7, 11) is 0. The summed E-state index contributed by atoms with van der Waals surface area (Å²) in [6.45, 7) is 6.59. The molecule has 0 saturated heterocycles. The second-order valence-electron chi connectivity index (χ2n) is 9.17. The molecule has 0 spiro atoms. The molecule has 3 N–H and O–H groups in total. The average molecular weight is 577 g/mol. The van der Waals surface area contributed by atoms with E-state index in [1.807, 2.05) is 16.1 Å². The standard InChI is InChI=1S/C28H32F2N3O8/c1-3-31-23-16-19(41-18(2)28(29,30)27(37)38)8-9-22(23)32(10-12-39-14-15-40-13-11-34)24(31)17-33-25(35)20-6-4-5-7-21(20)26(33)36/h4-9,16,27,34,37-38H,2-3,10-15,17H2,1H3/q+1. The summed E-state index contributed by atoms with van der Waals surface area (Å²) in [5.41, 5.74) is 1.85. The lowest BCUT2D eigenvalue weighted by Gasteiger charge is -2.20. The summed E-state index contributed by atoms with van der Waals surface area (Å²) in [5.74, 6) is -5.52. The molecule has 3 aromatic rings. The van der Waals surface area contributed by atoms with Gasteiger partial charge in [0.15, 0.2) is 16.8 Å². The fourth-order valence-electron chi connectivity index (χ4n) is 4.63. The number of alkyl halides is 2. The van der Waals surface area contributed by atoms with Gasteiger partial charge in [0.2, 0.25) is 6.29 Å². The molecule has 0 unspecified atom stereocenters. The zero-order valence-electron chi connectivity index (χ0n) is 22.5. The van der Waals surface area contributed by atoms with Crippen LogP contribution in [0.5, 0.6) is 5.75 Å². The molecule has 13 heteroatoms. The molecule has 220 valence electrons. The number of aromatic nitrogens is 2. The number of amides is 2. The summed E-state index contributed by atoms with van der Waals surface area (Å²) in [6.07, 6.45) is -2.99. The minimum atomic E-state index is -4.10. The number of hydrogen-bond acceptors (Lipinski definition) is 8. The lowest BCUT2D eigenvalue weighted by molar-refractivity contribution is -0.682. The lowest BCUT2D eigenvalue weighted by Crippen LogP contribution is -2.44. The van der Waals surface area contributed by atoms with Crippen molar-refractivity contribution in [1.82, 2.24) is 9.47 Å². The molecular formula is C28H32F2N3O8+. The first-order chi connectivity index (χ1) is 19.6. The van der Waals surface area contributed by atoms with Crippen LogP contribution in [-0.4, -0.2) is 81.8 Å². The van der Waals surface area contributed by atoms with Gasteiger partial charge in [-0.1, -0.05) is 18.7 Å². The first-order valence-electron chi connectivity index (χ1n) is 13.0. The first kappa shape index (κ1) is 30.2. The third kappa shape index (κ3) is 6.14. The molecule has 0 atom stereocenters. The normalized spacial score (nSPS) is 13.5. The molecule has 1 aromatic heterocycles. The van der Waals surface area contributed by atoms with E-state index < -0.39 is 29.8 Å². The number of halogens is 2. The third-order valence-corrected chi connectivity index (χ3v) is 6.65. The van der Waals surface area contributed by atoms with E-state index >= 15 is 0 Å². The van der Waals surface area contributed by atoms with Gasteiger partial charge in [-0.25, -0.2) is 9.13 Å². The van der Waals surface area contributed by atoms with Crippen molar-refractivity contribution in [2.75, 3.05) is 33.0 Å². The summed E-state index contributed by atoms with van der Waals surface area (Å²) < 4.78 is 47.8. The molecule has 0 fully saturated rings. The van der Waals surface area contributed by atoms with Crippen molar-refractivity contribution in [3.05, 3.63) is 71.8 Å². The van der Waals surface area contributed by atoms with Crippen LogP contribution >= 0.6 is 0 Å². The van der Waals surface area contributed by atoms with Crippen molar-refractivity contribution in [2.45, 2.75) is 38.8 Å². The van der Waals surface area contributed by atoms with Crippen LogP contribution in [0.1, 0.15) is 33.5 Å². The van der Waals surface area contributed by atoms with Crippen LogP contribution in [0, 0.1) is 0 Å². The Morgan fingerprint density at radius 2 is 1.66 bits per heavy atom. The Balaban J connectivity index is 1.67. The molecule has 0 radical (unpaired) electrons. The number of nitrogens with zero attached hydrogens (tertiary/aromatic N) is 3. The maximum atomic E-state index is 14.0. The Labute approximate surface area is 234 Å². The number of imide groups is 1. The molecule has 2 heterocycles. The van der Waals surface area contributed by atoms with Crippen molar-refractivity contribution in [1.29, 1.82) is 0 Å². The van der Waals surface area contributed by atoms with Gasteiger partial charge in [-0.3, -0.25) is 14.5 Å². The number of carbonyl (C=O) groups excluding carboxylic acids is 2. The topological polar surface area (TPSA) is 135 Å². The van der Waals surface area contributed by atoms with Crippen molar-refractivity contribution in [3.8, 4) is 5.75 Å². The molecule has 2 aromatic carbocycles. The molecule has 2 amide bonds. The maximum absolute atomic E-state index is 14.0. The maximum Gasteiger partial charge on any atom is 0.353 e. The number of aliphatic hydroxyl groups excluding tert-OH is 2. The Kier molecular flexibility index (Phi) is 9.46. The molecule has 0 saturated carbocycles. The zero-order chi connectivity index (χ0) is 29.7.